The van der Waals surface area contributed by atoms with E-state index < -0.39 is 0 Å². The van der Waals surface area contributed by atoms with E-state index in [4.69, 9.17) is 4.74 Å². The largest absolute Gasteiger partial charge is 0.373 e. The van der Waals surface area contributed by atoms with Crippen LogP contribution in [0.15, 0.2) is 12.1 Å². The summed E-state index contributed by atoms with van der Waals surface area (Å²) >= 11 is 4.03. The minimum atomic E-state index is 0.394. The summed E-state index contributed by atoms with van der Waals surface area (Å²) in [5, 5.41) is 0. The van der Waals surface area contributed by atoms with E-state index in [1.165, 1.54) is 47.2 Å². The van der Waals surface area contributed by atoms with Gasteiger partial charge in [0.15, 0.2) is 0 Å². The van der Waals surface area contributed by atoms with Gasteiger partial charge in [0.25, 0.3) is 0 Å². The molecule has 1 aromatic rings. The molecule has 2 aliphatic rings. The second kappa shape index (κ2) is 5.74. The van der Waals surface area contributed by atoms with E-state index in [1.54, 1.807) is 0 Å². The van der Waals surface area contributed by atoms with Crippen LogP contribution in [0.2, 0.25) is 0 Å². The van der Waals surface area contributed by atoms with E-state index in [-0.39, 0.29) is 0 Å². The highest BCUT2D eigenvalue weighted by atomic mass is 32.2. The van der Waals surface area contributed by atoms with Crippen LogP contribution in [0, 0.1) is 0 Å². The van der Waals surface area contributed by atoms with Crippen molar-refractivity contribution in [3.63, 3.8) is 0 Å². The van der Waals surface area contributed by atoms with Crippen LogP contribution in [-0.2, 0) is 11.3 Å². The Balaban J connectivity index is 1.59. The molecule has 2 aliphatic heterocycles. The number of hydrogen-bond donors (Lipinski definition) is 0. The fourth-order valence-electron chi connectivity index (χ4n) is 2.43. The van der Waals surface area contributed by atoms with E-state index in [2.05, 4.69) is 28.8 Å². The third-order valence-corrected chi connectivity index (χ3v) is 5.52. The Bertz CT molecular complexity index is 354. The van der Waals surface area contributed by atoms with E-state index in [0.717, 1.165) is 13.2 Å². The molecule has 0 aliphatic carbocycles. The zero-order valence-electron chi connectivity index (χ0n) is 10.1. The third-order valence-electron chi connectivity index (χ3n) is 3.41. The Morgan fingerprint density at radius 1 is 1.29 bits per heavy atom. The maximum Gasteiger partial charge on any atom is 0.0917 e. The lowest BCUT2D eigenvalue weighted by molar-refractivity contribution is 0.114. The summed E-state index contributed by atoms with van der Waals surface area (Å²) in [6, 6.07) is 4.57. The first-order valence-corrected chi connectivity index (χ1v) is 8.39. The van der Waals surface area contributed by atoms with Crippen molar-refractivity contribution >= 4 is 23.1 Å². The number of thioether (sulfide) groups is 1. The van der Waals surface area contributed by atoms with Crippen LogP contribution < -0.4 is 0 Å². The van der Waals surface area contributed by atoms with Gasteiger partial charge >= 0.3 is 0 Å². The maximum absolute atomic E-state index is 5.74. The molecule has 0 radical (unpaired) electrons. The predicted octanol–water partition coefficient (Wildman–Crippen LogP) is 3.15. The minimum Gasteiger partial charge on any atom is -0.373 e. The van der Waals surface area contributed by atoms with Crippen molar-refractivity contribution < 1.29 is 4.74 Å². The molecule has 94 valence electrons. The van der Waals surface area contributed by atoms with Gasteiger partial charge in [-0.15, -0.1) is 11.3 Å². The molecule has 0 saturated carbocycles. The molecule has 0 bridgehead atoms. The summed E-state index contributed by atoms with van der Waals surface area (Å²) in [7, 11) is 0. The zero-order chi connectivity index (χ0) is 11.5. The van der Waals surface area contributed by atoms with Crippen molar-refractivity contribution in [1.29, 1.82) is 0 Å². The summed E-state index contributed by atoms with van der Waals surface area (Å²) in [4.78, 5) is 5.51. The van der Waals surface area contributed by atoms with Gasteiger partial charge in [-0.25, -0.2) is 0 Å². The normalized spacial score (nSPS) is 26.5. The lowest BCUT2D eigenvalue weighted by atomic mass is 10.2. The Labute approximate surface area is 111 Å². The van der Waals surface area contributed by atoms with E-state index >= 15 is 0 Å². The second-order valence-electron chi connectivity index (χ2n) is 4.69. The molecule has 0 amide bonds. The predicted molar refractivity (Wildman–Crippen MR) is 74.8 cm³/mol. The van der Waals surface area contributed by atoms with Gasteiger partial charge in [0.05, 0.1) is 6.10 Å². The minimum absolute atomic E-state index is 0.394. The van der Waals surface area contributed by atoms with Crippen molar-refractivity contribution in [2.45, 2.75) is 25.5 Å². The molecule has 4 heteroatoms. The second-order valence-corrected chi connectivity index (χ2v) is 7.12. The Morgan fingerprint density at radius 3 is 2.94 bits per heavy atom. The fourth-order valence-corrected chi connectivity index (χ4v) is 4.55. The van der Waals surface area contributed by atoms with Gasteiger partial charge < -0.3 is 4.74 Å². The van der Waals surface area contributed by atoms with Crippen LogP contribution in [-0.4, -0.2) is 36.1 Å². The number of nitrogens with zero attached hydrogens (tertiary/aromatic N) is 1. The lowest BCUT2D eigenvalue weighted by Gasteiger charge is -2.25. The van der Waals surface area contributed by atoms with Crippen molar-refractivity contribution in [1.82, 2.24) is 4.90 Å². The highest BCUT2D eigenvalue weighted by molar-refractivity contribution is 7.99. The highest BCUT2D eigenvalue weighted by Crippen LogP contribution is 2.33. The summed E-state index contributed by atoms with van der Waals surface area (Å²) in [5.41, 5.74) is 0. The highest BCUT2D eigenvalue weighted by Gasteiger charge is 2.20. The van der Waals surface area contributed by atoms with Crippen molar-refractivity contribution in [2.75, 3.05) is 31.2 Å². The number of thiophene rings is 1. The van der Waals surface area contributed by atoms with Gasteiger partial charge in [0.2, 0.25) is 0 Å². The lowest BCUT2D eigenvalue weighted by Crippen LogP contribution is -2.31. The van der Waals surface area contributed by atoms with Gasteiger partial charge in [-0.3, -0.25) is 4.90 Å². The molecule has 3 heterocycles. The van der Waals surface area contributed by atoms with E-state index in [9.17, 15) is 0 Å². The Morgan fingerprint density at radius 2 is 2.18 bits per heavy atom. The van der Waals surface area contributed by atoms with Gasteiger partial charge in [-0.2, -0.15) is 11.8 Å². The van der Waals surface area contributed by atoms with E-state index in [0.29, 0.717) is 6.10 Å². The first-order chi connectivity index (χ1) is 8.42. The van der Waals surface area contributed by atoms with Crippen LogP contribution in [0.1, 0.15) is 28.7 Å². The molecule has 0 unspecified atom stereocenters. The molecule has 1 atom stereocenters. The standard InChI is InChI=1S/C13H19NOS2/c1-2-12(15-7-1)13-4-3-11(17-13)10-14-5-8-16-9-6-14/h3-4,12H,1-2,5-10H2/t12-/m0/s1. The molecule has 0 aromatic carbocycles. The summed E-state index contributed by atoms with van der Waals surface area (Å²) < 4.78 is 5.74. The molecule has 0 N–H and O–H groups in total. The molecule has 3 rings (SSSR count). The van der Waals surface area contributed by atoms with Crippen LogP contribution in [0.25, 0.3) is 0 Å². The average molecular weight is 269 g/mol. The number of ether oxygens (including phenoxy) is 1. The molecule has 2 nitrogen and oxygen atoms in total. The molecule has 0 spiro atoms. The molecular weight excluding hydrogens is 250 g/mol. The van der Waals surface area contributed by atoms with Crippen molar-refractivity contribution in [3.05, 3.63) is 21.9 Å². The topological polar surface area (TPSA) is 12.5 Å². The summed E-state index contributed by atoms with van der Waals surface area (Å²) in [6.45, 7) is 4.58. The SMILES string of the molecule is c1cc([C@@H]2CCCO2)sc1CN1CCSCC1. The van der Waals surface area contributed by atoms with Gasteiger partial charge in [-0.1, -0.05) is 0 Å². The third kappa shape index (κ3) is 3.05. The Hall–Kier alpha value is -0.0300. The Kier molecular flexibility index (Phi) is 4.06. The molecular formula is C13H19NOS2. The van der Waals surface area contributed by atoms with Crippen molar-refractivity contribution in [3.8, 4) is 0 Å². The fraction of sp³-hybridized carbons (Fsp3) is 0.692. The first-order valence-electron chi connectivity index (χ1n) is 6.42. The van der Waals surface area contributed by atoms with Crippen molar-refractivity contribution in [2.24, 2.45) is 0 Å². The zero-order valence-corrected chi connectivity index (χ0v) is 11.7. The average Bonchev–Trinajstić information content (AvgIpc) is 3.00. The molecule has 2 saturated heterocycles. The van der Waals surface area contributed by atoms with Gasteiger partial charge in [0, 0.05) is 47.5 Å². The molecule has 1 aromatic heterocycles. The number of hydrogen-bond acceptors (Lipinski definition) is 4. The van der Waals surface area contributed by atoms with Crippen LogP contribution in [0.3, 0.4) is 0 Å². The van der Waals surface area contributed by atoms with Gasteiger partial charge in [0.1, 0.15) is 0 Å². The van der Waals surface area contributed by atoms with Crippen LogP contribution in [0.4, 0.5) is 0 Å². The maximum atomic E-state index is 5.74. The smallest absolute Gasteiger partial charge is 0.0917 e. The van der Waals surface area contributed by atoms with Crippen LogP contribution >= 0.6 is 23.1 Å². The molecule has 2 fully saturated rings. The molecule has 17 heavy (non-hydrogen) atoms. The summed E-state index contributed by atoms with van der Waals surface area (Å²) in [5.74, 6) is 2.59. The quantitative estimate of drug-likeness (QED) is 0.836. The first kappa shape index (κ1) is 12.0. The summed E-state index contributed by atoms with van der Waals surface area (Å²) in [6.07, 6.45) is 2.83. The van der Waals surface area contributed by atoms with Gasteiger partial charge in [-0.05, 0) is 25.0 Å². The van der Waals surface area contributed by atoms with E-state index in [1.807, 2.05) is 11.3 Å². The van der Waals surface area contributed by atoms with Crippen LogP contribution in [0.5, 0.6) is 0 Å². The number of rotatable bonds is 3. The monoisotopic (exact) mass is 269 g/mol.